The van der Waals surface area contributed by atoms with Gasteiger partial charge in [0.2, 0.25) is 0 Å². The van der Waals surface area contributed by atoms with E-state index >= 15 is 0 Å². The molecule has 8 heteroatoms. The number of nitrogens with one attached hydrogen (secondary N) is 2. The maximum absolute atomic E-state index is 12.9. The third-order valence-electron chi connectivity index (χ3n) is 6.79. The smallest absolute Gasteiger partial charge is 0.364 e. The minimum absolute atomic E-state index is 0.163. The van der Waals surface area contributed by atoms with Crippen molar-refractivity contribution in [2.45, 2.75) is 44.7 Å². The molecule has 0 radical (unpaired) electrons. The summed E-state index contributed by atoms with van der Waals surface area (Å²) in [5.74, 6) is 0. The molecule has 34 heavy (non-hydrogen) atoms. The zero-order valence-corrected chi connectivity index (χ0v) is 19.5. The predicted molar refractivity (Wildman–Crippen MR) is 125 cm³/mol. The van der Waals surface area contributed by atoms with Gasteiger partial charge in [-0.25, -0.2) is 0 Å². The van der Waals surface area contributed by atoms with Gasteiger partial charge in [-0.15, -0.1) is 0 Å². The number of hydrogen-bond acceptors (Lipinski definition) is 5. The van der Waals surface area contributed by atoms with Gasteiger partial charge < -0.3 is 15.5 Å². The first-order valence-corrected chi connectivity index (χ1v) is 11.6. The van der Waals surface area contributed by atoms with Gasteiger partial charge in [-0.2, -0.15) is 18.4 Å². The van der Waals surface area contributed by atoms with E-state index in [0.717, 1.165) is 62.4 Å². The van der Waals surface area contributed by atoms with Crippen LogP contribution in [0.3, 0.4) is 0 Å². The Labute approximate surface area is 198 Å². The Balaban J connectivity index is 1.27. The number of allylic oxidation sites excluding steroid dienone is 1. The lowest BCUT2D eigenvalue weighted by molar-refractivity contribution is -0.137. The summed E-state index contributed by atoms with van der Waals surface area (Å²) in [7, 11) is 1.99. The molecular formula is C26H30F3N5. The summed E-state index contributed by atoms with van der Waals surface area (Å²) < 4.78 is 38.7. The van der Waals surface area contributed by atoms with Gasteiger partial charge in [0.15, 0.2) is 0 Å². The van der Waals surface area contributed by atoms with Crippen molar-refractivity contribution in [1.29, 1.82) is 5.26 Å². The van der Waals surface area contributed by atoms with Crippen molar-refractivity contribution in [2.75, 3.05) is 26.7 Å². The van der Waals surface area contributed by atoms with E-state index in [1.807, 2.05) is 38.2 Å². The van der Waals surface area contributed by atoms with Crippen molar-refractivity contribution in [3.8, 4) is 6.07 Å². The minimum atomic E-state index is -4.32. The van der Waals surface area contributed by atoms with Crippen molar-refractivity contribution in [3.05, 3.63) is 82.2 Å². The molecule has 0 amide bonds. The lowest BCUT2D eigenvalue weighted by Gasteiger charge is -2.34. The van der Waals surface area contributed by atoms with Crippen LogP contribution in [-0.2, 0) is 12.7 Å². The maximum atomic E-state index is 12.9. The Morgan fingerprint density at radius 2 is 1.71 bits per heavy atom. The molecule has 2 aliphatic rings. The van der Waals surface area contributed by atoms with Crippen molar-refractivity contribution in [2.24, 2.45) is 0 Å². The van der Waals surface area contributed by atoms with E-state index in [0.29, 0.717) is 11.6 Å². The highest BCUT2D eigenvalue weighted by molar-refractivity contribution is 5.32. The highest BCUT2D eigenvalue weighted by atomic mass is 19.4. The minimum Gasteiger partial charge on any atom is -0.364 e. The maximum Gasteiger partial charge on any atom is 0.416 e. The van der Waals surface area contributed by atoms with Crippen LogP contribution in [0.25, 0.3) is 0 Å². The van der Waals surface area contributed by atoms with Crippen LogP contribution in [0.5, 0.6) is 0 Å². The van der Waals surface area contributed by atoms with E-state index in [1.54, 1.807) is 12.1 Å². The third kappa shape index (κ3) is 5.54. The van der Waals surface area contributed by atoms with Gasteiger partial charge in [-0.05, 0) is 55.2 Å². The summed E-state index contributed by atoms with van der Waals surface area (Å²) in [6.45, 7) is 5.61. The quantitative estimate of drug-likeness (QED) is 0.648. The summed E-state index contributed by atoms with van der Waals surface area (Å²) in [5.41, 5.74) is 4.28. The Morgan fingerprint density at radius 3 is 2.29 bits per heavy atom. The molecule has 180 valence electrons. The third-order valence-corrected chi connectivity index (χ3v) is 6.79. The number of piperidine rings is 1. The summed E-state index contributed by atoms with van der Waals surface area (Å²) in [4.78, 5) is 4.57. The Morgan fingerprint density at radius 1 is 1.06 bits per heavy atom. The van der Waals surface area contributed by atoms with E-state index in [1.165, 1.54) is 11.3 Å². The van der Waals surface area contributed by atoms with Gasteiger partial charge in [0, 0.05) is 50.7 Å². The van der Waals surface area contributed by atoms with Crippen LogP contribution in [0.4, 0.5) is 13.2 Å². The number of nitrogens with zero attached hydrogens (tertiary/aromatic N) is 3. The number of alkyl halides is 3. The number of hydrogen-bond donors (Lipinski definition) is 2. The fraction of sp³-hybridized carbons (Fsp3) is 0.423. The zero-order chi connectivity index (χ0) is 24.3. The molecule has 2 N–H and O–H groups in total. The van der Waals surface area contributed by atoms with Crippen molar-refractivity contribution < 1.29 is 13.2 Å². The first-order valence-electron chi connectivity index (χ1n) is 11.6. The molecule has 0 spiro atoms. The van der Waals surface area contributed by atoms with Crippen LogP contribution in [0, 0.1) is 11.3 Å². The lowest BCUT2D eigenvalue weighted by atomic mass is 10.0. The molecule has 1 unspecified atom stereocenters. The molecule has 2 heterocycles. The fourth-order valence-electron chi connectivity index (χ4n) is 4.66. The summed E-state index contributed by atoms with van der Waals surface area (Å²) in [6.07, 6.45) is -2.37. The van der Waals surface area contributed by atoms with Crippen LogP contribution in [-0.4, -0.2) is 42.5 Å². The van der Waals surface area contributed by atoms with Crippen LogP contribution >= 0.6 is 0 Å². The van der Waals surface area contributed by atoms with Gasteiger partial charge in [-0.1, -0.05) is 24.3 Å². The largest absolute Gasteiger partial charge is 0.416 e. The zero-order valence-electron chi connectivity index (χ0n) is 19.5. The molecule has 2 aromatic carbocycles. The number of rotatable bonds is 6. The van der Waals surface area contributed by atoms with E-state index < -0.39 is 11.7 Å². The standard InChI is InChI=1S/C26H30F3N5/c1-18-24(33(2)25(32-18)21-7-9-22(10-8-21)26(27,28)29)17-34-13-11-23(12-14-34)31-16-20-5-3-19(15-30)4-6-20/h3-10,23,25,31-32H,11-14,16-17H2,1-2H3. The Hall–Kier alpha value is -3.02. The molecule has 1 saturated heterocycles. The number of nitriles is 1. The first-order chi connectivity index (χ1) is 16.2. The van der Waals surface area contributed by atoms with Gasteiger partial charge in [0.25, 0.3) is 0 Å². The normalized spacial score (nSPS) is 19.9. The number of benzene rings is 2. The SMILES string of the molecule is CC1=C(CN2CCC(NCc3ccc(C#N)cc3)CC2)N(C)C(c2ccc(C(F)(F)F)cc2)N1. The second-order valence-corrected chi connectivity index (χ2v) is 9.09. The van der Waals surface area contributed by atoms with E-state index in [2.05, 4.69) is 26.5 Å². The molecule has 2 aromatic rings. The second-order valence-electron chi connectivity index (χ2n) is 9.09. The highest BCUT2D eigenvalue weighted by Gasteiger charge is 2.32. The monoisotopic (exact) mass is 469 g/mol. The van der Waals surface area contributed by atoms with Crippen LogP contribution in [0.2, 0.25) is 0 Å². The number of likely N-dealkylation sites (N-methyl/N-ethyl adjacent to an activating group) is 1. The van der Waals surface area contributed by atoms with Crippen LogP contribution in [0.1, 0.15) is 48.2 Å². The average Bonchev–Trinajstić information content (AvgIpc) is 3.12. The fourth-order valence-corrected chi connectivity index (χ4v) is 4.66. The van der Waals surface area contributed by atoms with E-state index in [9.17, 15) is 13.2 Å². The molecule has 0 saturated carbocycles. The number of halogens is 3. The van der Waals surface area contributed by atoms with Gasteiger partial charge in [0.1, 0.15) is 6.17 Å². The van der Waals surface area contributed by atoms with Crippen LogP contribution < -0.4 is 10.6 Å². The average molecular weight is 470 g/mol. The molecule has 5 nitrogen and oxygen atoms in total. The Kier molecular flexibility index (Phi) is 7.15. The van der Waals surface area contributed by atoms with E-state index in [-0.39, 0.29) is 6.17 Å². The van der Waals surface area contributed by atoms with Crippen molar-refractivity contribution in [3.63, 3.8) is 0 Å². The van der Waals surface area contributed by atoms with Crippen molar-refractivity contribution in [1.82, 2.24) is 20.4 Å². The molecular weight excluding hydrogens is 439 g/mol. The van der Waals surface area contributed by atoms with Gasteiger partial charge in [-0.3, -0.25) is 4.90 Å². The molecule has 1 fully saturated rings. The van der Waals surface area contributed by atoms with Crippen LogP contribution in [0.15, 0.2) is 59.9 Å². The molecule has 0 aliphatic carbocycles. The summed E-state index contributed by atoms with van der Waals surface area (Å²) in [5, 5.41) is 16.0. The first kappa shape index (κ1) is 24.1. The summed E-state index contributed by atoms with van der Waals surface area (Å²) >= 11 is 0. The lowest BCUT2D eigenvalue weighted by Crippen LogP contribution is -2.43. The topological polar surface area (TPSA) is 54.3 Å². The number of likely N-dealkylation sites (tertiary alicyclic amines) is 1. The molecule has 0 bridgehead atoms. The Bertz CT molecular complexity index is 1050. The molecule has 4 rings (SSSR count). The van der Waals surface area contributed by atoms with Gasteiger partial charge >= 0.3 is 6.18 Å². The predicted octanol–water partition coefficient (Wildman–Crippen LogP) is 4.60. The van der Waals surface area contributed by atoms with Crippen molar-refractivity contribution >= 4 is 0 Å². The summed E-state index contributed by atoms with van der Waals surface area (Å²) in [6, 6.07) is 15.7. The highest BCUT2D eigenvalue weighted by Crippen LogP contribution is 2.33. The molecule has 2 aliphatic heterocycles. The second kappa shape index (κ2) is 10.1. The van der Waals surface area contributed by atoms with Gasteiger partial charge in [0.05, 0.1) is 17.2 Å². The molecule has 1 atom stereocenters. The molecule has 0 aromatic heterocycles. The van der Waals surface area contributed by atoms with E-state index in [4.69, 9.17) is 5.26 Å².